The molecule has 1 aliphatic heterocycles. The second-order valence-corrected chi connectivity index (χ2v) is 4.42. The van der Waals surface area contributed by atoms with Gasteiger partial charge in [-0.1, -0.05) is 0 Å². The lowest BCUT2D eigenvalue weighted by Gasteiger charge is -2.32. The summed E-state index contributed by atoms with van der Waals surface area (Å²) in [6.07, 6.45) is 10.3. The van der Waals surface area contributed by atoms with Crippen molar-refractivity contribution >= 4 is 0 Å². The summed E-state index contributed by atoms with van der Waals surface area (Å²) in [5.74, 6) is 0. The Morgan fingerprint density at radius 1 is 1.11 bits per heavy atom. The number of ether oxygens (including phenoxy) is 1. The standard InChI is InChI=1S/C13H15N5O/c1-3-16-11(7-14-1)9-18-5-6-19-13(10-18)12-8-15-2-4-17-12/h1-4,7-8,13H,5-6,9-10H2. The van der Waals surface area contributed by atoms with Gasteiger partial charge in [-0.05, 0) is 0 Å². The fourth-order valence-corrected chi connectivity index (χ4v) is 2.14. The molecule has 3 rings (SSSR count). The van der Waals surface area contributed by atoms with E-state index < -0.39 is 0 Å². The number of aromatic nitrogens is 4. The molecular weight excluding hydrogens is 242 g/mol. The van der Waals surface area contributed by atoms with Gasteiger partial charge in [-0.15, -0.1) is 0 Å². The first-order valence-electron chi connectivity index (χ1n) is 6.26. The molecule has 0 aromatic carbocycles. The molecule has 2 aromatic rings. The molecule has 2 aromatic heterocycles. The second kappa shape index (κ2) is 5.81. The van der Waals surface area contributed by atoms with Gasteiger partial charge >= 0.3 is 0 Å². The molecule has 19 heavy (non-hydrogen) atoms. The minimum Gasteiger partial charge on any atom is -0.369 e. The summed E-state index contributed by atoms with van der Waals surface area (Å²) >= 11 is 0. The molecule has 0 bridgehead atoms. The van der Waals surface area contributed by atoms with E-state index in [4.69, 9.17) is 4.74 Å². The molecule has 0 N–H and O–H groups in total. The van der Waals surface area contributed by atoms with Crippen LogP contribution in [0.25, 0.3) is 0 Å². The lowest BCUT2D eigenvalue weighted by molar-refractivity contribution is -0.0355. The highest BCUT2D eigenvalue weighted by Gasteiger charge is 2.23. The summed E-state index contributed by atoms with van der Waals surface area (Å²) in [6.45, 7) is 3.18. The third-order valence-corrected chi connectivity index (χ3v) is 3.07. The maximum Gasteiger partial charge on any atom is 0.114 e. The molecule has 1 atom stereocenters. The van der Waals surface area contributed by atoms with Gasteiger partial charge in [0, 0.05) is 50.6 Å². The van der Waals surface area contributed by atoms with Gasteiger partial charge in [-0.25, -0.2) is 0 Å². The Bertz CT molecular complexity index is 507. The zero-order valence-corrected chi connectivity index (χ0v) is 10.5. The lowest BCUT2D eigenvalue weighted by atomic mass is 10.2. The van der Waals surface area contributed by atoms with E-state index in [1.165, 1.54) is 0 Å². The van der Waals surface area contributed by atoms with Crippen molar-refractivity contribution in [2.24, 2.45) is 0 Å². The van der Waals surface area contributed by atoms with Crippen molar-refractivity contribution < 1.29 is 4.74 Å². The van der Waals surface area contributed by atoms with Gasteiger partial charge in [0.1, 0.15) is 6.10 Å². The molecule has 3 heterocycles. The van der Waals surface area contributed by atoms with Crippen molar-refractivity contribution in [3.8, 4) is 0 Å². The van der Waals surface area contributed by atoms with Crippen LogP contribution in [0.5, 0.6) is 0 Å². The van der Waals surface area contributed by atoms with Crippen molar-refractivity contribution in [3.63, 3.8) is 0 Å². The summed E-state index contributed by atoms with van der Waals surface area (Å²) in [4.78, 5) is 19.1. The fourth-order valence-electron chi connectivity index (χ4n) is 2.14. The van der Waals surface area contributed by atoms with E-state index in [0.29, 0.717) is 6.61 Å². The first-order chi connectivity index (χ1) is 9.42. The summed E-state index contributed by atoms with van der Waals surface area (Å²) < 4.78 is 5.75. The number of morpholine rings is 1. The van der Waals surface area contributed by atoms with Crippen LogP contribution in [0.3, 0.4) is 0 Å². The Morgan fingerprint density at radius 3 is 2.68 bits per heavy atom. The van der Waals surface area contributed by atoms with Crippen LogP contribution in [0.15, 0.2) is 37.2 Å². The van der Waals surface area contributed by atoms with Crippen LogP contribution in [-0.4, -0.2) is 44.5 Å². The zero-order chi connectivity index (χ0) is 12.9. The van der Waals surface area contributed by atoms with Gasteiger partial charge in [0.05, 0.1) is 24.2 Å². The predicted octanol–water partition coefficient (Wildman–Crippen LogP) is 0.840. The molecule has 1 unspecified atom stereocenters. The van der Waals surface area contributed by atoms with Crippen LogP contribution in [0.1, 0.15) is 17.5 Å². The lowest BCUT2D eigenvalue weighted by Crippen LogP contribution is -2.38. The van der Waals surface area contributed by atoms with Crippen molar-refractivity contribution in [2.75, 3.05) is 19.7 Å². The largest absolute Gasteiger partial charge is 0.369 e. The van der Waals surface area contributed by atoms with Gasteiger partial charge in [-0.3, -0.25) is 24.8 Å². The first kappa shape index (κ1) is 12.1. The van der Waals surface area contributed by atoms with Crippen molar-refractivity contribution in [3.05, 3.63) is 48.6 Å². The normalized spacial score (nSPS) is 20.3. The van der Waals surface area contributed by atoms with E-state index in [9.17, 15) is 0 Å². The molecule has 98 valence electrons. The summed E-state index contributed by atoms with van der Waals surface area (Å²) in [6, 6.07) is 0. The molecule has 0 spiro atoms. The van der Waals surface area contributed by atoms with Crippen LogP contribution in [-0.2, 0) is 11.3 Å². The Morgan fingerprint density at radius 2 is 1.95 bits per heavy atom. The SMILES string of the molecule is c1cnc(CN2CCOC(c3cnccn3)C2)cn1. The van der Waals surface area contributed by atoms with E-state index >= 15 is 0 Å². The van der Waals surface area contributed by atoms with E-state index in [0.717, 1.165) is 31.0 Å². The van der Waals surface area contributed by atoms with Crippen molar-refractivity contribution in [1.82, 2.24) is 24.8 Å². The number of nitrogens with zero attached hydrogens (tertiary/aromatic N) is 5. The number of hydrogen-bond acceptors (Lipinski definition) is 6. The minimum absolute atomic E-state index is 0.0147. The Kier molecular flexibility index (Phi) is 3.71. The quantitative estimate of drug-likeness (QED) is 0.812. The van der Waals surface area contributed by atoms with E-state index in [2.05, 4.69) is 24.8 Å². The predicted molar refractivity (Wildman–Crippen MR) is 68.0 cm³/mol. The molecule has 1 saturated heterocycles. The van der Waals surface area contributed by atoms with E-state index in [-0.39, 0.29) is 6.10 Å². The van der Waals surface area contributed by atoms with Crippen LogP contribution in [0, 0.1) is 0 Å². The number of hydrogen-bond donors (Lipinski definition) is 0. The van der Waals surface area contributed by atoms with Gasteiger partial charge in [0.25, 0.3) is 0 Å². The maximum atomic E-state index is 5.75. The Hall–Kier alpha value is -1.92. The minimum atomic E-state index is -0.0147. The molecule has 6 nitrogen and oxygen atoms in total. The van der Waals surface area contributed by atoms with Gasteiger partial charge in [0.15, 0.2) is 0 Å². The van der Waals surface area contributed by atoms with Crippen molar-refractivity contribution in [2.45, 2.75) is 12.6 Å². The molecule has 6 heteroatoms. The first-order valence-corrected chi connectivity index (χ1v) is 6.26. The summed E-state index contributed by atoms with van der Waals surface area (Å²) in [5, 5.41) is 0. The third-order valence-electron chi connectivity index (χ3n) is 3.07. The zero-order valence-electron chi connectivity index (χ0n) is 10.5. The highest BCUT2D eigenvalue weighted by Crippen LogP contribution is 2.20. The molecule has 0 saturated carbocycles. The highest BCUT2D eigenvalue weighted by atomic mass is 16.5. The molecule has 1 fully saturated rings. The second-order valence-electron chi connectivity index (χ2n) is 4.42. The van der Waals surface area contributed by atoms with Crippen LogP contribution in [0.2, 0.25) is 0 Å². The van der Waals surface area contributed by atoms with Gasteiger partial charge < -0.3 is 4.74 Å². The molecule has 0 aliphatic carbocycles. The highest BCUT2D eigenvalue weighted by molar-refractivity contribution is 5.02. The van der Waals surface area contributed by atoms with Gasteiger partial charge in [0.2, 0.25) is 0 Å². The third kappa shape index (κ3) is 3.10. The molecular formula is C13H15N5O. The monoisotopic (exact) mass is 257 g/mol. The molecule has 0 radical (unpaired) electrons. The molecule has 0 amide bonds. The van der Waals surface area contributed by atoms with E-state index in [1.54, 1.807) is 37.2 Å². The summed E-state index contributed by atoms with van der Waals surface area (Å²) in [5.41, 5.74) is 1.86. The van der Waals surface area contributed by atoms with Gasteiger partial charge in [-0.2, -0.15) is 0 Å². The average Bonchev–Trinajstić information content (AvgIpc) is 2.49. The van der Waals surface area contributed by atoms with Crippen LogP contribution < -0.4 is 0 Å². The van der Waals surface area contributed by atoms with Crippen LogP contribution in [0.4, 0.5) is 0 Å². The number of rotatable bonds is 3. The topological polar surface area (TPSA) is 64.0 Å². The van der Waals surface area contributed by atoms with Crippen molar-refractivity contribution in [1.29, 1.82) is 0 Å². The smallest absolute Gasteiger partial charge is 0.114 e. The average molecular weight is 257 g/mol. The fraction of sp³-hybridized carbons (Fsp3) is 0.385. The Labute approximate surface area is 111 Å². The van der Waals surface area contributed by atoms with E-state index in [1.807, 2.05) is 0 Å². The Balaban J connectivity index is 1.65. The molecule has 1 aliphatic rings. The van der Waals surface area contributed by atoms with Crippen LogP contribution >= 0.6 is 0 Å². The maximum absolute atomic E-state index is 5.75. The summed E-state index contributed by atoms with van der Waals surface area (Å²) in [7, 11) is 0.